The molecule has 1 N–H and O–H groups in total. The van der Waals surface area contributed by atoms with Gasteiger partial charge >= 0.3 is 0 Å². The third kappa shape index (κ3) is 5.10. The Labute approximate surface area is 191 Å². The minimum absolute atomic E-state index is 0.00709. The van der Waals surface area contributed by atoms with Crippen LogP contribution in [-0.2, 0) is 14.8 Å². The highest BCUT2D eigenvalue weighted by Gasteiger charge is 2.31. The maximum atomic E-state index is 12.9. The van der Waals surface area contributed by atoms with Crippen molar-refractivity contribution in [1.29, 1.82) is 0 Å². The highest BCUT2D eigenvalue weighted by molar-refractivity contribution is 7.89. The smallest absolute Gasteiger partial charge is 0.244 e. The molecule has 0 aliphatic carbocycles. The zero-order chi connectivity index (χ0) is 22.1. The van der Waals surface area contributed by atoms with Crippen molar-refractivity contribution in [3.05, 3.63) is 56.5 Å². The zero-order valence-electron chi connectivity index (χ0n) is 16.6. The Bertz CT molecular complexity index is 1050. The second-order valence-electron chi connectivity index (χ2n) is 7.22. The first-order valence-corrected chi connectivity index (χ1v) is 11.9. The molecule has 0 atom stereocenters. The number of aryl methyl sites for hydroxylation is 2. The maximum Gasteiger partial charge on any atom is 0.244 e. The van der Waals surface area contributed by atoms with Gasteiger partial charge in [0, 0.05) is 26.2 Å². The number of benzene rings is 2. The van der Waals surface area contributed by atoms with Gasteiger partial charge in [-0.15, -0.1) is 0 Å². The number of nitrogens with zero attached hydrogens (tertiary/aromatic N) is 2. The maximum absolute atomic E-state index is 12.9. The molecule has 0 saturated carbocycles. The van der Waals surface area contributed by atoms with Gasteiger partial charge < -0.3 is 5.32 Å². The van der Waals surface area contributed by atoms with Crippen molar-refractivity contribution >= 4 is 56.4 Å². The molecule has 162 valence electrons. The van der Waals surface area contributed by atoms with Crippen molar-refractivity contribution in [3.63, 3.8) is 0 Å². The Kier molecular flexibility index (Phi) is 7.32. The first-order valence-electron chi connectivity index (χ1n) is 9.32. The number of piperazine rings is 1. The monoisotopic (exact) mass is 489 g/mol. The molecule has 0 spiro atoms. The van der Waals surface area contributed by atoms with Gasteiger partial charge in [-0.2, -0.15) is 4.31 Å². The molecule has 1 amide bonds. The van der Waals surface area contributed by atoms with E-state index in [1.165, 1.54) is 10.4 Å². The standard InChI is InChI=1S/C20H22Cl3N3O3S/c1-13-10-14(2)20(16(22)11-13)24-18(27)12-25-6-8-26(9-7-25)30(28,29)17-5-3-4-15(21)19(17)23/h3-5,10-11H,6-9,12H2,1-2H3,(H,24,27). The number of nitrogens with one attached hydrogen (secondary N) is 1. The van der Waals surface area contributed by atoms with Crippen LogP contribution < -0.4 is 5.32 Å². The molecule has 1 heterocycles. The summed E-state index contributed by atoms with van der Waals surface area (Å²) in [6.45, 7) is 5.32. The number of rotatable bonds is 5. The van der Waals surface area contributed by atoms with Gasteiger partial charge in [-0.25, -0.2) is 8.42 Å². The van der Waals surface area contributed by atoms with E-state index in [4.69, 9.17) is 34.8 Å². The lowest BCUT2D eigenvalue weighted by Gasteiger charge is -2.33. The van der Waals surface area contributed by atoms with Crippen molar-refractivity contribution in [2.45, 2.75) is 18.7 Å². The highest BCUT2D eigenvalue weighted by atomic mass is 35.5. The fraction of sp³-hybridized carbons (Fsp3) is 0.350. The number of carbonyl (C=O) groups is 1. The van der Waals surface area contributed by atoms with E-state index >= 15 is 0 Å². The molecule has 6 nitrogen and oxygen atoms in total. The summed E-state index contributed by atoms with van der Waals surface area (Å²) in [5.74, 6) is -0.196. The van der Waals surface area contributed by atoms with Crippen LogP contribution in [0.4, 0.5) is 5.69 Å². The van der Waals surface area contributed by atoms with E-state index in [1.54, 1.807) is 18.2 Å². The fourth-order valence-corrected chi connectivity index (χ4v) is 5.93. The lowest BCUT2D eigenvalue weighted by molar-refractivity contribution is -0.117. The Hall–Kier alpha value is -1.35. The van der Waals surface area contributed by atoms with E-state index in [9.17, 15) is 13.2 Å². The molecular weight excluding hydrogens is 469 g/mol. The Morgan fingerprint density at radius 3 is 2.33 bits per heavy atom. The third-order valence-electron chi connectivity index (χ3n) is 4.93. The van der Waals surface area contributed by atoms with Crippen LogP contribution in [0.15, 0.2) is 35.2 Å². The van der Waals surface area contributed by atoms with Crippen molar-refractivity contribution in [1.82, 2.24) is 9.21 Å². The van der Waals surface area contributed by atoms with Crippen LogP contribution in [0.1, 0.15) is 11.1 Å². The molecule has 3 rings (SSSR count). The SMILES string of the molecule is Cc1cc(C)c(NC(=O)CN2CCN(S(=O)(=O)c3cccc(Cl)c3Cl)CC2)c(Cl)c1. The van der Waals surface area contributed by atoms with Gasteiger partial charge in [0.25, 0.3) is 0 Å². The van der Waals surface area contributed by atoms with E-state index in [0.29, 0.717) is 23.8 Å². The lowest BCUT2D eigenvalue weighted by atomic mass is 10.1. The van der Waals surface area contributed by atoms with Crippen LogP contribution in [0, 0.1) is 13.8 Å². The number of hydrogen-bond donors (Lipinski definition) is 1. The summed E-state index contributed by atoms with van der Waals surface area (Å²) < 4.78 is 27.2. The molecule has 30 heavy (non-hydrogen) atoms. The third-order valence-corrected chi connectivity index (χ3v) is 8.10. The van der Waals surface area contributed by atoms with Crippen molar-refractivity contribution < 1.29 is 13.2 Å². The number of carbonyl (C=O) groups excluding carboxylic acids is 1. The molecule has 0 unspecified atom stereocenters. The molecule has 1 saturated heterocycles. The largest absolute Gasteiger partial charge is 0.323 e. The molecule has 0 bridgehead atoms. The number of amides is 1. The van der Waals surface area contributed by atoms with Crippen molar-refractivity contribution in [2.75, 3.05) is 38.0 Å². The van der Waals surface area contributed by atoms with Crippen LogP contribution in [0.5, 0.6) is 0 Å². The molecule has 0 aromatic heterocycles. The molecule has 0 radical (unpaired) electrons. The molecule has 10 heteroatoms. The molecule has 2 aromatic rings. The topological polar surface area (TPSA) is 69.7 Å². The predicted molar refractivity (Wildman–Crippen MR) is 121 cm³/mol. The average Bonchev–Trinajstić information content (AvgIpc) is 2.67. The summed E-state index contributed by atoms with van der Waals surface area (Å²) in [7, 11) is -3.76. The predicted octanol–water partition coefficient (Wildman–Crippen LogP) is 4.21. The van der Waals surface area contributed by atoms with E-state index in [1.807, 2.05) is 24.8 Å². The van der Waals surface area contributed by atoms with Crippen LogP contribution >= 0.6 is 34.8 Å². The fourth-order valence-electron chi connectivity index (χ4n) is 3.41. The number of halogens is 3. The second-order valence-corrected chi connectivity index (χ2v) is 10.3. The summed E-state index contributed by atoms with van der Waals surface area (Å²) in [6, 6.07) is 8.29. The summed E-state index contributed by atoms with van der Waals surface area (Å²) in [5, 5.41) is 3.57. The van der Waals surface area contributed by atoms with E-state index in [2.05, 4.69) is 5.32 Å². The van der Waals surface area contributed by atoms with Gasteiger partial charge in [0.05, 0.1) is 27.3 Å². The van der Waals surface area contributed by atoms with Gasteiger partial charge in [-0.1, -0.05) is 46.9 Å². The number of sulfonamides is 1. The van der Waals surface area contributed by atoms with Gasteiger partial charge in [0.15, 0.2) is 0 Å². The van der Waals surface area contributed by atoms with E-state index in [0.717, 1.165) is 11.1 Å². The van der Waals surface area contributed by atoms with Gasteiger partial charge in [0.1, 0.15) is 4.90 Å². The summed E-state index contributed by atoms with van der Waals surface area (Å²) >= 11 is 18.3. The van der Waals surface area contributed by atoms with Crippen LogP contribution in [0.3, 0.4) is 0 Å². The Morgan fingerprint density at radius 2 is 1.70 bits per heavy atom. The second kappa shape index (κ2) is 9.42. The average molecular weight is 491 g/mol. The van der Waals surface area contributed by atoms with Crippen LogP contribution in [0.25, 0.3) is 0 Å². The molecule has 1 aliphatic heterocycles. The van der Waals surface area contributed by atoms with E-state index < -0.39 is 10.0 Å². The minimum atomic E-state index is -3.76. The molecular formula is C20H22Cl3N3O3S. The first-order chi connectivity index (χ1) is 14.1. The zero-order valence-corrected chi connectivity index (χ0v) is 19.7. The number of anilines is 1. The van der Waals surface area contributed by atoms with Crippen molar-refractivity contribution in [3.8, 4) is 0 Å². The highest BCUT2D eigenvalue weighted by Crippen LogP contribution is 2.31. The first kappa shape index (κ1) is 23.3. The lowest BCUT2D eigenvalue weighted by Crippen LogP contribution is -2.50. The normalized spacial score (nSPS) is 15.9. The summed E-state index contributed by atoms with van der Waals surface area (Å²) in [5.41, 5.74) is 2.51. The molecule has 1 aliphatic rings. The van der Waals surface area contributed by atoms with Gasteiger partial charge in [0.2, 0.25) is 15.9 Å². The summed E-state index contributed by atoms with van der Waals surface area (Å²) in [6.07, 6.45) is 0. The Balaban J connectivity index is 1.61. The quantitative estimate of drug-likeness (QED) is 0.682. The van der Waals surface area contributed by atoms with Crippen LogP contribution in [-0.4, -0.2) is 56.3 Å². The van der Waals surface area contributed by atoms with Gasteiger partial charge in [-0.3, -0.25) is 9.69 Å². The Morgan fingerprint density at radius 1 is 1.03 bits per heavy atom. The summed E-state index contributed by atoms with van der Waals surface area (Å²) in [4.78, 5) is 14.4. The van der Waals surface area contributed by atoms with E-state index in [-0.39, 0.29) is 40.5 Å². The van der Waals surface area contributed by atoms with Crippen molar-refractivity contribution in [2.24, 2.45) is 0 Å². The van der Waals surface area contributed by atoms with Crippen LogP contribution in [0.2, 0.25) is 15.1 Å². The molecule has 2 aromatic carbocycles. The molecule has 1 fully saturated rings. The number of hydrogen-bond acceptors (Lipinski definition) is 4. The minimum Gasteiger partial charge on any atom is -0.323 e. The van der Waals surface area contributed by atoms with Gasteiger partial charge in [-0.05, 0) is 43.2 Å².